The van der Waals surface area contributed by atoms with Gasteiger partial charge in [0.2, 0.25) is 0 Å². The number of rotatable bonds is 10. The Morgan fingerprint density at radius 2 is 1.26 bits per heavy atom. The Kier molecular flexibility index (Phi) is 14.3. The first-order valence-corrected chi connectivity index (χ1v) is 15.3. The van der Waals surface area contributed by atoms with Gasteiger partial charge >= 0.3 is 6.08 Å². The van der Waals surface area contributed by atoms with Crippen molar-refractivity contribution in [2.24, 2.45) is 0 Å². The van der Waals surface area contributed by atoms with Crippen molar-refractivity contribution in [2.45, 2.75) is 73.3 Å². The summed E-state index contributed by atoms with van der Waals surface area (Å²) in [6, 6.07) is 22.0. The Morgan fingerprint density at radius 3 is 1.80 bits per heavy atom. The molecule has 1 N–H and O–H groups in total. The molecule has 0 aliphatic rings. The van der Waals surface area contributed by atoms with Gasteiger partial charge in [0.25, 0.3) is 16.5 Å². The number of aromatic nitrogens is 4. The van der Waals surface area contributed by atoms with E-state index in [1.807, 2.05) is 54.6 Å². The quantitative estimate of drug-likeness (QED) is 0.161. The van der Waals surface area contributed by atoms with Crippen LogP contribution in [0.4, 0.5) is 0 Å². The molecule has 0 aliphatic carbocycles. The van der Waals surface area contributed by atoms with Crippen LogP contribution in [-0.4, -0.2) is 24.2 Å². The summed E-state index contributed by atoms with van der Waals surface area (Å²) >= 11 is 5.51. The zero-order valence-electron chi connectivity index (χ0n) is 25.4. The molecule has 0 aliphatic heterocycles. The van der Waals surface area contributed by atoms with E-state index in [9.17, 15) is 9.59 Å². The van der Waals surface area contributed by atoms with Gasteiger partial charge in [-0.05, 0) is 73.0 Å². The molecule has 0 bridgehead atoms. The number of unbranched alkanes of at least 4 members (excludes halogenated alkanes) is 2. The van der Waals surface area contributed by atoms with Crippen molar-refractivity contribution >= 4 is 33.8 Å². The maximum Gasteiger partial charge on any atom is 0.394 e. The fourth-order valence-corrected chi connectivity index (χ4v) is 4.48. The van der Waals surface area contributed by atoms with Crippen LogP contribution in [0.15, 0.2) is 104 Å². The lowest BCUT2D eigenvalue weighted by Gasteiger charge is -2.07. The van der Waals surface area contributed by atoms with E-state index in [0.29, 0.717) is 16.7 Å². The Balaban J connectivity index is 0.000000204. The summed E-state index contributed by atoms with van der Waals surface area (Å²) in [7, 11) is 0. The number of ether oxygens (including phenoxy) is 1. The SMILES string of the molecule is C.CCCCn1cccc(CO)c1=O.CCCCn1cccc(COc2nc3ccccc3o2)c1=O.Clc1nc2ccccc2o1. The molecule has 0 radical (unpaired) electrons. The summed E-state index contributed by atoms with van der Waals surface area (Å²) < 4.78 is 19.4. The predicted molar refractivity (Wildman–Crippen MR) is 181 cm³/mol. The van der Waals surface area contributed by atoms with Gasteiger partial charge in [-0.2, -0.15) is 9.97 Å². The Labute approximate surface area is 272 Å². The Hall–Kier alpha value is -4.67. The van der Waals surface area contributed by atoms with Crippen LogP contribution in [0.1, 0.15) is 58.1 Å². The number of aliphatic hydroxyl groups excluding tert-OH is 1. The van der Waals surface area contributed by atoms with Crippen LogP contribution in [-0.2, 0) is 26.3 Å². The van der Waals surface area contributed by atoms with Crippen LogP contribution in [0.5, 0.6) is 6.08 Å². The molecule has 4 heterocycles. The van der Waals surface area contributed by atoms with Crippen LogP contribution in [0.2, 0.25) is 5.35 Å². The van der Waals surface area contributed by atoms with Crippen molar-refractivity contribution in [3.05, 3.63) is 122 Å². The monoisotopic (exact) mass is 648 g/mol. The molecular weight excluding hydrogens is 608 g/mol. The highest BCUT2D eigenvalue weighted by atomic mass is 35.5. The molecule has 6 rings (SSSR count). The molecule has 6 aromatic rings. The molecule has 46 heavy (non-hydrogen) atoms. The topological polar surface area (TPSA) is 126 Å². The maximum atomic E-state index is 12.3. The third-order valence-electron chi connectivity index (χ3n) is 6.77. The second kappa shape index (κ2) is 18.3. The molecule has 0 amide bonds. The van der Waals surface area contributed by atoms with Gasteiger partial charge in [0.05, 0.1) is 12.2 Å². The molecule has 11 heteroatoms. The van der Waals surface area contributed by atoms with Crippen molar-refractivity contribution in [1.82, 2.24) is 19.1 Å². The van der Waals surface area contributed by atoms with E-state index >= 15 is 0 Å². The van der Waals surface area contributed by atoms with Gasteiger partial charge in [0.1, 0.15) is 17.6 Å². The Bertz CT molecular complexity index is 1840. The number of benzene rings is 2. The highest BCUT2D eigenvalue weighted by Crippen LogP contribution is 2.20. The first-order chi connectivity index (χ1) is 21.9. The van der Waals surface area contributed by atoms with Crippen LogP contribution < -0.4 is 15.9 Å². The highest BCUT2D eigenvalue weighted by molar-refractivity contribution is 6.28. The number of halogens is 1. The number of pyridine rings is 2. The lowest BCUT2D eigenvalue weighted by Crippen LogP contribution is -2.24. The third kappa shape index (κ3) is 9.92. The average Bonchev–Trinajstić information content (AvgIpc) is 3.66. The second-order valence-corrected chi connectivity index (χ2v) is 10.4. The average molecular weight is 649 g/mol. The summed E-state index contributed by atoms with van der Waals surface area (Å²) in [5.41, 5.74) is 3.92. The van der Waals surface area contributed by atoms with E-state index in [1.165, 1.54) is 0 Å². The van der Waals surface area contributed by atoms with Crippen LogP contribution in [0, 0.1) is 0 Å². The molecule has 0 saturated heterocycles. The first kappa shape index (κ1) is 35.8. The predicted octanol–water partition coefficient (Wildman–Crippen LogP) is 7.63. The van der Waals surface area contributed by atoms with Crippen LogP contribution in [0.25, 0.3) is 22.2 Å². The van der Waals surface area contributed by atoms with E-state index in [1.54, 1.807) is 39.7 Å². The molecule has 0 spiro atoms. The molecule has 2 aromatic carbocycles. The minimum absolute atomic E-state index is 0. The van der Waals surface area contributed by atoms with Gasteiger partial charge in [0, 0.05) is 31.0 Å². The van der Waals surface area contributed by atoms with Crippen LogP contribution >= 0.6 is 11.6 Å². The van der Waals surface area contributed by atoms with Gasteiger partial charge in [-0.15, -0.1) is 0 Å². The third-order valence-corrected chi connectivity index (χ3v) is 6.93. The van der Waals surface area contributed by atoms with Crippen LogP contribution in [0.3, 0.4) is 0 Å². The number of hydrogen-bond acceptors (Lipinski definition) is 8. The number of nitrogens with zero attached hydrogens (tertiary/aromatic N) is 4. The number of aryl methyl sites for hydroxylation is 2. The van der Waals surface area contributed by atoms with E-state index in [4.69, 9.17) is 30.3 Å². The van der Waals surface area contributed by atoms with Crippen molar-refractivity contribution < 1.29 is 18.7 Å². The van der Waals surface area contributed by atoms with E-state index < -0.39 is 0 Å². The number of fused-ring (bicyclic) bond motifs is 2. The summed E-state index contributed by atoms with van der Waals surface area (Å²) in [5, 5.41) is 9.05. The van der Waals surface area contributed by atoms with Gasteiger partial charge in [-0.1, -0.05) is 58.4 Å². The molecule has 0 saturated carbocycles. The summed E-state index contributed by atoms with van der Waals surface area (Å²) in [5.74, 6) is 0. The smallest absolute Gasteiger partial charge is 0.394 e. The molecule has 0 atom stereocenters. The van der Waals surface area contributed by atoms with Crippen molar-refractivity contribution in [3.8, 4) is 6.08 Å². The zero-order chi connectivity index (χ0) is 32.0. The maximum absolute atomic E-state index is 12.3. The van der Waals surface area contributed by atoms with Gasteiger partial charge in [-0.25, -0.2) is 0 Å². The van der Waals surface area contributed by atoms with Crippen molar-refractivity contribution in [2.75, 3.05) is 0 Å². The molecule has 244 valence electrons. The number of aliphatic hydroxyl groups is 1. The van der Waals surface area contributed by atoms with E-state index in [-0.39, 0.29) is 43.2 Å². The normalized spacial score (nSPS) is 10.4. The van der Waals surface area contributed by atoms with Crippen molar-refractivity contribution in [1.29, 1.82) is 0 Å². The molecule has 4 aromatic heterocycles. The number of para-hydroxylation sites is 4. The van der Waals surface area contributed by atoms with E-state index in [0.717, 1.165) is 55.4 Å². The zero-order valence-corrected chi connectivity index (χ0v) is 26.2. The first-order valence-electron chi connectivity index (χ1n) is 14.9. The molecular formula is C35H41ClN4O6. The minimum atomic E-state index is -0.175. The largest absolute Gasteiger partial charge is 0.445 e. The second-order valence-electron chi connectivity index (χ2n) is 10.1. The molecule has 10 nitrogen and oxygen atoms in total. The number of hydrogen-bond donors (Lipinski definition) is 1. The number of oxazole rings is 2. The Morgan fingerprint density at radius 1 is 0.739 bits per heavy atom. The minimum Gasteiger partial charge on any atom is -0.445 e. The highest BCUT2D eigenvalue weighted by Gasteiger charge is 2.09. The van der Waals surface area contributed by atoms with Gasteiger partial charge in [-0.3, -0.25) is 9.59 Å². The molecule has 0 unspecified atom stereocenters. The van der Waals surface area contributed by atoms with Gasteiger partial charge in [0.15, 0.2) is 11.2 Å². The van der Waals surface area contributed by atoms with Crippen molar-refractivity contribution in [3.63, 3.8) is 0 Å². The van der Waals surface area contributed by atoms with E-state index in [2.05, 4.69) is 23.8 Å². The lowest BCUT2D eigenvalue weighted by atomic mass is 10.2. The summed E-state index contributed by atoms with van der Waals surface area (Å²) in [6.07, 6.45) is 7.85. The summed E-state index contributed by atoms with van der Waals surface area (Å²) in [6.45, 7) is 5.63. The lowest BCUT2D eigenvalue weighted by molar-refractivity contribution is 0.224. The fourth-order valence-electron chi connectivity index (χ4n) is 4.31. The van der Waals surface area contributed by atoms with Gasteiger partial charge < -0.3 is 27.8 Å². The summed E-state index contributed by atoms with van der Waals surface area (Å²) in [4.78, 5) is 32.0. The fraction of sp³-hybridized carbons (Fsp3) is 0.314. The molecule has 0 fully saturated rings. The standard InChI is InChI=1S/C17H18N2O3.C10H15NO2.C7H4ClNO.CH4/c1-2-3-10-19-11-6-7-13(16(19)20)12-21-17-18-14-8-4-5-9-15(14)22-17;1-2-3-6-11-7-4-5-9(8-12)10(11)13;8-7-9-5-3-1-2-4-6(5)10-7;/h4-9,11H,2-3,10,12H2,1H3;4-5,7,12H,2-3,6,8H2,1H3;1-4H;1H4.